The topological polar surface area (TPSA) is 18.5 Å². The van der Waals surface area contributed by atoms with Gasteiger partial charge in [-0.1, -0.05) is 74.5 Å². The van der Waals surface area contributed by atoms with Crippen LogP contribution in [0.4, 0.5) is 0 Å². The lowest BCUT2D eigenvalue weighted by molar-refractivity contribution is 0.101. The van der Waals surface area contributed by atoms with Crippen LogP contribution in [-0.4, -0.2) is 29.8 Å². The molecule has 4 heteroatoms. The van der Waals surface area contributed by atoms with Crippen LogP contribution in [0.3, 0.4) is 0 Å². The summed E-state index contributed by atoms with van der Waals surface area (Å²) in [7, 11) is -3.35. The van der Waals surface area contributed by atoms with Crippen molar-refractivity contribution in [2.75, 3.05) is 13.2 Å². The lowest BCUT2D eigenvalue weighted by Gasteiger charge is -2.34. The van der Waals surface area contributed by atoms with E-state index in [1.54, 1.807) is 0 Å². The van der Waals surface area contributed by atoms with E-state index in [1.165, 1.54) is 11.1 Å². The average Bonchev–Trinajstić information content (AvgIpc) is 2.70. The van der Waals surface area contributed by atoms with Gasteiger partial charge < -0.3 is 8.85 Å². The van der Waals surface area contributed by atoms with Gasteiger partial charge in [-0.05, 0) is 62.2 Å². The SMILES string of the molecule is CC(C)(CO[Si](C)(C)CCc1ccccc1)CO[Si](C)(C)CCc1ccccc1. The van der Waals surface area contributed by atoms with Gasteiger partial charge in [-0.2, -0.15) is 0 Å². The van der Waals surface area contributed by atoms with Gasteiger partial charge in [0.25, 0.3) is 0 Å². The lowest BCUT2D eigenvalue weighted by Crippen LogP contribution is -2.40. The van der Waals surface area contributed by atoms with E-state index in [0.717, 1.165) is 38.1 Å². The third kappa shape index (κ3) is 9.90. The van der Waals surface area contributed by atoms with E-state index < -0.39 is 16.6 Å². The molecule has 2 rings (SSSR count). The Kier molecular flexibility index (Phi) is 8.89. The molecule has 2 nitrogen and oxygen atoms in total. The molecule has 0 saturated carbocycles. The molecule has 0 atom stereocenters. The van der Waals surface area contributed by atoms with Crippen LogP contribution in [0.15, 0.2) is 60.7 Å². The van der Waals surface area contributed by atoms with E-state index in [0.29, 0.717) is 0 Å². The molecule has 0 aliphatic rings. The summed E-state index contributed by atoms with van der Waals surface area (Å²) in [5.41, 5.74) is 2.87. The Morgan fingerprint density at radius 1 is 0.621 bits per heavy atom. The quantitative estimate of drug-likeness (QED) is 0.341. The highest BCUT2D eigenvalue weighted by Crippen LogP contribution is 2.25. The summed E-state index contributed by atoms with van der Waals surface area (Å²) in [5, 5.41) is 0. The van der Waals surface area contributed by atoms with Crippen molar-refractivity contribution in [2.45, 2.75) is 65.0 Å². The molecule has 0 saturated heterocycles. The van der Waals surface area contributed by atoms with Crippen molar-refractivity contribution in [1.82, 2.24) is 0 Å². The van der Waals surface area contributed by atoms with E-state index in [9.17, 15) is 0 Å². The molecule has 2 aromatic carbocycles. The Labute approximate surface area is 180 Å². The fraction of sp³-hybridized carbons (Fsp3) is 0.520. The van der Waals surface area contributed by atoms with Crippen LogP contribution in [0.25, 0.3) is 0 Å². The van der Waals surface area contributed by atoms with E-state index in [1.807, 2.05) is 0 Å². The molecule has 0 fully saturated rings. The maximum atomic E-state index is 6.48. The highest BCUT2D eigenvalue weighted by molar-refractivity contribution is 6.71. The first-order valence-corrected chi connectivity index (χ1v) is 17.2. The minimum absolute atomic E-state index is 0.0496. The van der Waals surface area contributed by atoms with Gasteiger partial charge in [-0.25, -0.2) is 0 Å². The summed E-state index contributed by atoms with van der Waals surface area (Å²) >= 11 is 0. The van der Waals surface area contributed by atoms with Crippen LogP contribution in [0.1, 0.15) is 25.0 Å². The molecular formula is C25H40O2Si2. The molecule has 0 aliphatic carbocycles. The van der Waals surface area contributed by atoms with Crippen LogP contribution >= 0.6 is 0 Å². The van der Waals surface area contributed by atoms with Crippen molar-refractivity contribution in [1.29, 1.82) is 0 Å². The normalized spacial score (nSPS) is 12.9. The molecule has 0 aromatic heterocycles. The number of hydrogen-bond donors (Lipinski definition) is 0. The number of rotatable bonds is 12. The van der Waals surface area contributed by atoms with Crippen LogP contribution < -0.4 is 0 Å². The van der Waals surface area contributed by atoms with Crippen molar-refractivity contribution in [2.24, 2.45) is 5.41 Å². The monoisotopic (exact) mass is 428 g/mol. The number of aryl methyl sites for hydroxylation is 2. The summed E-state index contributed by atoms with van der Waals surface area (Å²) in [4.78, 5) is 0. The molecule has 0 bridgehead atoms. The summed E-state index contributed by atoms with van der Waals surface area (Å²) in [5.74, 6) is 0. The maximum Gasteiger partial charge on any atom is 0.187 e. The Bertz CT molecular complexity index is 651. The molecule has 0 heterocycles. The molecule has 0 N–H and O–H groups in total. The Morgan fingerprint density at radius 2 is 0.966 bits per heavy atom. The minimum Gasteiger partial charge on any atom is -0.417 e. The minimum atomic E-state index is -1.67. The molecule has 2 aromatic rings. The Morgan fingerprint density at radius 3 is 1.31 bits per heavy atom. The second-order valence-electron chi connectivity index (χ2n) is 10.2. The third-order valence-corrected chi connectivity index (χ3v) is 10.2. The fourth-order valence-corrected chi connectivity index (χ4v) is 6.78. The Balaban J connectivity index is 1.74. The summed E-state index contributed by atoms with van der Waals surface area (Å²) in [6.45, 7) is 15.5. The fourth-order valence-electron chi connectivity index (χ4n) is 3.15. The van der Waals surface area contributed by atoms with Crippen molar-refractivity contribution in [3.05, 3.63) is 71.8 Å². The molecule has 0 amide bonds. The largest absolute Gasteiger partial charge is 0.417 e. The first-order chi connectivity index (χ1) is 13.6. The van der Waals surface area contributed by atoms with E-state index in [4.69, 9.17) is 8.85 Å². The summed E-state index contributed by atoms with van der Waals surface area (Å²) in [6, 6.07) is 23.8. The van der Waals surface area contributed by atoms with Gasteiger partial charge in [-0.3, -0.25) is 0 Å². The van der Waals surface area contributed by atoms with Gasteiger partial charge in [0.1, 0.15) is 0 Å². The zero-order valence-corrected chi connectivity index (χ0v) is 21.3. The third-order valence-electron chi connectivity index (χ3n) is 5.42. The highest BCUT2D eigenvalue weighted by Gasteiger charge is 2.30. The molecule has 0 spiro atoms. The highest BCUT2D eigenvalue weighted by atomic mass is 28.4. The zero-order chi connectivity index (χ0) is 21.4. The van der Waals surface area contributed by atoms with Gasteiger partial charge in [0.05, 0.1) is 0 Å². The lowest BCUT2D eigenvalue weighted by atomic mass is 9.97. The Hall–Kier alpha value is -1.21. The van der Waals surface area contributed by atoms with Gasteiger partial charge in [0.2, 0.25) is 0 Å². The molecule has 0 radical (unpaired) electrons. The van der Waals surface area contributed by atoms with Crippen molar-refractivity contribution in [3.8, 4) is 0 Å². The number of hydrogen-bond acceptors (Lipinski definition) is 2. The molecular weight excluding hydrogens is 388 g/mol. The van der Waals surface area contributed by atoms with Crippen molar-refractivity contribution < 1.29 is 8.85 Å². The van der Waals surface area contributed by atoms with Gasteiger partial charge in [0, 0.05) is 18.6 Å². The zero-order valence-electron chi connectivity index (χ0n) is 19.3. The van der Waals surface area contributed by atoms with Gasteiger partial charge in [-0.15, -0.1) is 0 Å². The predicted molar refractivity (Wildman–Crippen MR) is 131 cm³/mol. The van der Waals surface area contributed by atoms with Crippen LogP contribution in [-0.2, 0) is 21.7 Å². The number of benzene rings is 2. The first kappa shape index (κ1) is 24.1. The molecule has 29 heavy (non-hydrogen) atoms. The molecule has 160 valence electrons. The second kappa shape index (κ2) is 10.7. The van der Waals surface area contributed by atoms with Crippen molar-refractivity contribution in [3.63, 3.8) is 0 Å². The first-order valence-electron chi connectivity index (χ1n) is 10.9. The summed E-state index contributed by atoms with van der Waals surface area (Å²) in [6.07, 6.45) is 2.22. The average molecular weight is 429 g/mol. The van der Waals surface area contributed by atoms with Gasteiger partial charge >= 0.3 is 0 Å². The van der Waals surface area contributed by atoms with Crippen molar-refractivity contribution >= 4 is 16.6 Å². The van der Waals surface area contributed by atoms with Crippen LogP contribution in [0, 0.1) is 5.41 Å². The van der Waals surface area contributed by atoms with Gasteiger partial charge in [0.15, 0.2) is 16.6 Å². The van der Waals surface area contributed by atoms with E-state index in [-0.39, 0.29) is 5.41 Å². The summed E-state index contributed by atoms with van der Waals surface area (Å²) < 4.78 is 13.0. The smallest absolute Gasteiger partial charge is 0.187 e. The van der Waals surface area contributed by atoms with E-state index in [2.05, 4.69) is 101 Å². The molecule has 0 unspecified atom stereocenters. The standard InChI is InChI=1S/C25H40O2Si2/c1-25(2,21-26-28(3,4)19-17-23-13-9-7-10-14-23)22-27-29(5,6)20-18-24-15-11-8-12-16-24/h7-16H,17-22H2,1-6H3. The van der Waals surface area contributed by atoms with Crippen LogP contribution in [0.2, 0.25) is 38.3 Å². The van der Waals surface area contributed by atoms with Crippen LogP contribution in [0.5, 0.6) is 0 Å². The molecule has 0 aliphatic heterocycles. The van der Waals surface area contributed by atoms with E-state index >= 15 is 0 Å². The predicted octanol–water partition coefficient (Wildman–Crippen LogP) is 6.94. The second-order valence-corrected chi connectivity index (χ2v) is 18.8. The maximum absolute atomic E-state index is 6.48.